The SMILES string of the molecule is CC1SCCN(c2cc(C(F)(F)F)nc(-c3ccccn3)n2)C1C. The van der Waals surface area contributed by atoms with E-state index in [9.17, 15) is 13.2 Å². The van der Waals surface area contributed by atoms with E-state index in [-0.39, 0.29) is 11.9 Å². The Labute approximate surface area is 142 Å². The number of thioether (sulfide) groups is 1. The number of aromatic nitrogens is 3. The maximum absolute atomic E-state index is 13.3. The Morgan fingerprint density at radius 2 is 2.00 bits per heavy atom. The summed E-state index contributed by atoms with van der Waals surface area (Å²) in [6, 6.07) is 6.14. The molecular weight excluding hydrogens is 337 g/mol. The van der Waals surface area contributed by atoms with Gasteiger partial charge in [0.2, 0.25) is 0 Å². The lowest BCUT2D eigenvalue weighted by atomic mass is 10.2. The molecule has 2 atom stereocenters. The summed E-state index contributed by atoms with van der Waals surface area (Å²) in [5.41, 5.74) is -0.608. The first-order valence-corrected chi connectivity index (χ1v) is 8.67. The van der Waals surface area contributed by atoms with Crippen molar-refractivity contribution in [2.24, 2.45) is 0 Å². The molecule has 2 aromatic rings. The van der Waals surface area contributed by atoms with Gasteiger partial charge < -0.3 is 4.90 Å². The van der Waals surface area contributed by atoms with E-state index in [1.807, 2.05) is 23.6 Å². The molecule has 0 bridgehead atoms. The lowest BCUT2D eigenvalue weighted by Crippen LogP contribution is -2.45. The molecule has 3 rings (SSSR count). The molecule has 1 aliphatic rings. The van der Waals surface area contributed by atoms with E-state index in [4.69, 9.17) is 0 Å². The van der Waals surface area contributed by atoms with Crippen molar-refractivity contribution in [1.82, 2.24) is 15.0 Å². The highest BCUT2D eigenvalue weighted by atomic mass is 32.2. The Morgan fingerprint density at radius 1 is 1.21 bits per heavy atom. The minimum Gasteiger partial charge on any atom is -0.352 e. The van der Waals surface area contributed by atoms with Crippen LogP contribution >= 0.6 is 11.8 Å². The average molecular weight is 354 g/mol. The molecule has 0 saturated carbocycles. The normalized spacial score (nSPS) is 21.8. The fraction of sp³-hybridized carbons (Fsp3) is 0.438. The minimum atomic E-state index is -4.53. The summed E-state index contributed by atoms with van der Waals surface area (Å²) < 4.78 is 39.8. The predicted molar refractivity (Wildman–Crippen MR) is 89.0 cm³/mol. The zero-order chi connectivity index (χ0) is 17.3. The minimum absolute atomic E-state index is 0.00138. The third kappa shape index (κ3) is 3.48. The standard InChI is InChI=1S/C16H17F3N4S/c1-10-11(2)24-8-7-23(10)14-9-13(16(17,18)19)21-15(22-14)12-5-3-4-6-20-12/h3-6,9-11H,7-8H2,1-2H3. The van der Waals surface area contributed by atoms with Crippen molar-refractivity contribution >= 4 is 17.6 Å². The first-order valence-electron chi connectivity index (χ1n) is 7.62. The van der Waals surface area contributed by atoms with Crippen LogP contribution in [0.3, 0.4) is 0 Å². The third-order valence-corrected chi connectivity index (χ3v) is 5.41. The van der Waals surface area contributed by atoms with Crippen LogP contribution in [0.25, 0.3) is 11.5 Å². The van der Waals surface area contributed by atoms with Gasteiger partial charge in [0, 0.05) is 35.9 Å². The quantitative estimate of drug-likeness (QED) is 0.818. The summed E-state index contributed by atoms with van der Waals surface area (Å²) in [4.78, 5) is 14.1. The van der Waals surface area contributed by atoms with Gasteiger partial charge >= 0.3 is 6.18 Å². The Hall–Kier alpha value is -1.83. The molecule has 128 valence electrons. The molecule has 2 unspecified atom stereocenters. The van der Waals surface area contributed by atoms with Crippen molar-refractivity contribution in [3.8, 4) is 11.5 Å². The summed E-state index contributed by atoms with van der Waals surface area (Å²) in [6.45, 7) is 4.74. The Balaban J connectivity index is 2.09. The lowest BCUT2D eigenvalue weighted by molar-refractivity contribution is -0.141. The fourth-order valence-corrected chi connectivity index (χ4v) is 3.69. The second-order valence-electron chi connectivity index (χ2n) is 5.66. The Kier molecular flexibility index (Phi) is 4.67. The summed E-state index contributed by atoms with van der Waals surface area (Å²) in [5.74, 6) is 1.16. The highest BCUT2D eigenvalue weighted by molar-refractivity contribution is 8.00. The largest absolute Gasteiger partial charge is 0.433 e. The summed E-state index contributed by atoms with van der Waals surface area (Å²) >= 11 is 1.82. The van der Waals surface area contributed by atoms with Crippen LogP contribution in [-0.4, -0.2) is 38.5 Å². The van der Waals surface area contributed by atoms with Crippen molar-refractivity contribution in [2.45, 2.75) is 31.3 Å². The molecule has 1 fully saturated rings. The van der Waals surface area contributed by atoms with E-state index in [2.05, 4.69) is 21.9 Å². The summed E-state index contributed by atoms with van der Waals surface area (Å²) in [6.07, 6.45) is -3.01. The summed E-state index contributed by atoms with van der Waals surface area (Å²) in [5, 5.41) is 0.321. The molecule has 0 aliphatic carbocycles. The molecule has 4 nitrogen and oxygen atoms in total. The van der Waals surface area contributed by atoms with Crippen LogP contribution < -0.4 is 4.90 Å². The number of alkyl halides is 3. The number of rotatable bonds is 2. The van der Waals surface area contributed by atoms with E-state index in [1.165, 1.54) is 6.20 Å². The van der Waals surface area contributed by atoms with Crippen LogP contribution in [0, 0.1) is 0 Å². The van der Waals surface area contributed by atoms with Crippen molar-refractivity contribution in [2.75, 3.05) is 17.2 Å². The fourth-order valence-electron chi connectivity index (χ4n) is 2.59. The maximum atomic E-state index is 13.3. The lowest BCUT2D eigenvalue weighted by Gasteiger charge is -2.38. The van der Waals surface area contributed by atoms with Gasteiger partial charge in [-0.3, -0.25) is 4.98 Å². The molecule has 2 aromatic heterocycles. The van der Waals surface area contributed by atoms with Gasteiger partial charge in [0.05, 0.1) is 0 Å². The topological polar surface area (TPSA) is 41.9 Å². The first kappa shape index (κ1) is 17.0. The molecule has 0 spiro atoms. The molecule has 24 heavy (non-hydrogen) atoms. The molecule has 8 heteroatoms. The van der Waals surface area contributed by atoms with Crippen LogP contribution in [0.15, 0.2) is 30.5 Å². The molecule has 3 heterocycles. The smallest absolute Gasteiger partial charge is 0.352 e. The molecule has 0 N–H and O–H groups in total. The van der Waals surface area contributed by atoms with Gasteiger partial charge in [0.1, 0.15) is 11.5 Å². The third-order valence-electron chi connectivity index (χ3n) is 4.08. The molecule has 1 aliphatic heterocycles. The van der Waals surface area contributed by atoms with Crippen molar-refractivity contribution in [1.29, 1.82) is 0 Å². The number of halogens is 3. The number of hydrogen-bond acceptors (Lipinski definition) is 5. The molecule has 1 saturated heterocycles. The molecule has 0 amide bonds. The van der Waals surface area contributed by atoms with Crippen LogP contribution in [0.1, 0.15) is 19.5 Å². The Morgan fingerprint density at radius 3 is 2.67 bits per heavy atom. The molecular formula is C16H17F3N4S. The predicted octanol–water partition coefficient (Wildman–Crippen LogP) is 3.89. The Bertz CT molecular complexity index is 708. The van der Waals surface area contributed by atoms with Gasteiger partial charge in [0.15, 0.2) is 11.5 Å². The molecule has 0 radical (unpaired) electrons. The van der Waals surface area contributed by atoms with Crippen LogP contribution in [-0.2, 0) is 6.18 Å². The van der Waals surface area contributed by atoms with Crippen LogP contribution in [0.4, 0.5) is 19.0 Å². The van der Waals surface area contributed by atoms with Crippen molar-refractivity contribution in [3.05, 3.63) is 36.2 Å². The number of nitrogens with zero attached hydrogens (tertiary/aromatic N) is 4. The van der Waals surface area contributed by atoms with Gasteiger partial charge in [-0.25, -0.2) is 9.97 Å². The monoisotopic (exact) mass is 354 g/mol. The van der Waals surface area contributed by atoms with E-state index in [1.54, 1.807) is 18.2 Å². The summed E-state index contributed by atoms with van der Waals surface area (Å²) in [7, 11) is 0. The van der Waals surface area contributed by atoms with Crippen LogP contribution in [0.5, 0.6) is 0 Å². The van der Waals surface area contributed by atoms with Crippen molar-refractivity contribution < 1.29 is 13.2 Å². The zero-order valence-corrected chi connectivity index (χ0v) is 14.1. The van der Waals surface area contributed by atoms with E-state index < -0.39 is 11.9 Å². The highest BCUT2D eigenvalue weighted by Crippen LogP contribution is 2.34. The van der Waals surface area contributed by atoms with E-state index in [0.29, 0.717) is 23.3 Å². The van der Waals surface area contributed by atoms with Crippen molar-refractivity contribution in [3.63, 3.8) is 0 Å². The van der Waals surface area contributed by atoms with Gasteiger partial charge in [-0.2, -0.15) is 24.9 Å². The van der Waals surface area contributed by atoms with Gasteiger partial charge in [-0.15, -0.1) is 0 Å². The average Bonchev–Trinajstić information content (AvgIpc) is 2.57. The number of pyridine rings is 1. The van der Waals surface area contributed by atoms with E-state index in [0.717, 1.165) is 11.8 Å². The maximum Gasteiger partial charge on any atom is 0.433 e. The van der Waals surface area contributed by atoms with Gasteiger partial charge in [-0.1, -0.05) is 13.0 Å². The number of anilines is 1. The zero-order valence-electron chi connectivity index (χ0n) is 13.3. The van der Waals surface area contributed by atoms with E-state index >= 15 is 0 Å². The van der Waals surface area contributed by atoms with Crippen LogP contribution in [0.2, 0.25) is 0 Å². The first-order chi connectivity index (χ1) is 11.4. The van der Waals surface area contributed by atoms with Gasteiger partial charge in [0.25, 0.3) is 0 Å². The molecule has 0 aromatic carbocycles. The second kappa shape index (κ2) is 6.58. The second-order valence-corrected chi connectivity index (χ2v) is 7.14. The number of hydrogen-bond donors (Lipinski definition) is 0. The highest BCUT2D eigenvalue weighted by Gasteiger charge is 2.35. The van der Waals surface area contributed by atoms with Gasteiger partial charge in [-0.05, 0) is 19.1 Å².